The number of hydrogen-bond donors (Lipinski definition) is 2. The molecule has 220 valence electrons. The average Bonchev–Trinajstić information content (AvgIpc) is 3.30. The van der Waals surface area contributed by atoms with Gasteiger partial charge in [0, 0.05) is 39.2 Å². The quantitative estimate of drug-likeness (QED) is 0.0937. The van der Waals surface area contributed by atoms with Crippen molar-refractivity contribution >= 4 is 74.5 Å². The summed E-state index contributed by atoms with van der Waals surface area (Å²) in [5.41, 5.74) is 1.63. The molecule has 0 spiro atoms. The molecular formula is C32H23BrN4O6S. The molecule has 4 aromatic rings. The predicted octanol–water partition coefficient (Wildman–Crippen LogP) is 6.19. The molecule has 1 saturated heterocycles. The van der Waals surface area contributed by atoms with E-state index in [-0.39, 0.29) is 23.5 Å². The number of nitrogens with one attached hydrogen (secondary N) is 2. The molecule has 0 bridgehead atoms. The molecule has 4 aromatic carbocycles. The van der Waals surface area contributed by atoms with Gasteiger partial charge >= 0.3 is 0 Å². The lowest BCUT2D eigenvalue weighted by Crippen LogP contribution is -2.31. The molecule has 0 aromatic heterocycles. The third-order valence-corrected chi connectivity index (χ3v) is 8.21. The lowest BCUT2D eigenvalue weighted by atomic mass is 10.1. The van der Waals surface area contributed by atoms with Crippen LogP contribution in [0, 0.1) is 10.1 Å². The van der Waals surface area contributed by atoms with E-state index < -0.39 is 33.8 Å². The average molecular weight is 672 g/mol. The summed E-state index contributed by atoms with van der Waals surface area (Å²) < 4.78 is 0.863. The van der Waals surface area contributed by atoms with Crippen molar-refractivity contribution in [2.45, 2.75) is 16.6 Å². The molecule has 0 unspecified atom stereocenters. The van der Waals surface area contributed by atoms with Crippen LogP contribution in [0.5, 0.6) is 0 Å². The first-order valence-corrected chi connectivity index (χ1v) is 14.9. The van der Waals surface area contributed by atoms with Crippen molar-refractivity contribution in [1.82, 2.24) is 5.32 Å². The molecule has 1 heterocycles. The highest BCUT2D eigenvalue weighted by Crippen LogP contribution is 2.35. The fraction of sp³-hybridized carbons (Fsp3) is 0.0625. The van der Waals surface area contributed by atoms with Gasteiger partial charge in [-0.1, -0.05) is 52.3 Å². The molecule has 1 aliphatic rings. The maximum atomic E-state index is 13.4. The fourth-order valence-electron chi connectivity index (χ4n) is 4.37. The molecule has 0 aliphatic carbocycles. The zero-order valence-corrected chi connectivity index (χ0v) is 25.2. The van der Waals surface area contributed by atoms with Crippen LogP contribution in [0.15, 0.2) is 118 Å². The van der Waals surface area contributed by atoms with Gasteiger partial charge in [-0.3, -0.25) is 29.3 Å². The van der Waals surface area contributed by atoms with E-state index in [1.165, 1.54) is 36.0 Å². The van der Waals surface area contributed by atoms with E-state index >= 15 is 0 Å². The van der Waals surface area contributed by atoms with Gasteiger partial charge in [0.05, 0.1) is 15.9 Å². The number of thioether (sulfide) groups is 1. The molecule has 2 N–H and O–H groups in total. The molecule has 1 aliphatic heterocycles. The number of rotatable bonds is 9. The molecule has 4 amide bonds. The van der Waals surface area contributed by atoms with Crippen molar-refractivity contribution in [2.24, 2.45) is 0 Å². The van der Waals surface area contributed by atoms with Gasteiger partial charge < -0.3 is 10.6 Å². The number of nitrogens with zero attached hydrogens (tertiary/aromatic N) is 2. The number of amides is 4. The Labute approximate surface area is 264 Å². The normalized spacial score (nSPS) is 14.8. The third kappa shape index (κ3) is 7.28. The molecule has 0 saturated carbocycles. The maximum absolute atomic E-state index is 13.4. The summed E-state index contributed by atoms with van der Waals surface area (Å²) in [6, 6.07) is 27.8. The van der Waals surface area contributed by atoms with E-state index in [2.05, 4.69) is 26.6 Å². The highest BCUT2D eigenvalue weighted by Gasteiger charge is 2.40. The van der Waals surface area contributed by atoms with Crippen LogP contribution in [0.1, 0.15) is 22.3 Å². The lowest BCUT2D eigenvalue weighted by Gasteiger charge is -2.15. The number of nitro groups is 1. The predicted molar refractivity (Wildman–Crippen MR) is 171 cm³/mol. The van der Waals surface area contributed by atoms with Crippen molar-refractivity contribution in [3.05, 3.63) is 135 Å². The van der Waals surface area contributed by atoms with E-state index in [0.29, 0.717) is 21.7 Å². The van der Waals surface area contributed by atoms with Crippen LogP contribution < -0.4 is 15.5 Å². The molecule has 5 rings (SSSR count). The maximum Gasteiger partial charge on any atom is 0.272 e. The zero-order chi connectivity index (χ0) is 31.2. The topological polar surface area (TPSA) is 139 Å². The molecule has 10 nitrogen and oxygen atoms in total. The second kappa shape index (κ2) is 13.5. The first kappa shape index (κ1) is 30.4. The fourth-order valence-corrected chi connectivity index (χ4v) is 5.75. The number of halogens is 1. The summed E-state index contributed by atoms with van der Waals surface area (Å²) in [4.78, 5) is 64.2. The van der Waals surface area contributed by atoms with Gasteiger partial charge in [0.1, 0.15) is 5.70 Å². The summed E-state index contributed by atoms with van der Waals surface area (Å²) in [7, 11) is 0. The van der Waals surface area contributed by atoms with E-state index in [4.69, 9.17) is 0 Å². The van der Waals surface area contributed by atoms with Crippen LogP contribution in [0.3, 0.4) is 0 Å². The van der Waals surface area contributed by atoms with E-state index in [9.17, 15) is 29.3 Å². The summed E-state index contributed by atoms with van der Waals surface area (Å²) in [5, 5.41) is 15.7. The highest BCUT2D eigenvalue weighted by molar-refractivity contribution is 9.10. The molecular weight excluding hydrogens is 648 g/mol. The van der Waals surface area contributed by atoms with Gasteiger partial charge in [-0.05, 0) is 66.2 Å². The number of carbonyl (C=O) groups is 4. The van der Waals surface area contributed by atoms with Crippen molar-refractivity contribution < 1.29 is 24.1 Å². The number of anilines is 2. The Hall–Kier alpha value is -5.07. The molecule has 1 fully saturated rings. The van der Waals surface area contributed by atoms with Gasteiger partial charge in [0.2, 0.25) is 11.8 Å². The molecule has 12 heteroatoms. The van der Waals surface area contributed by atoms with Crippen LogP contribution in [-0.2, 0) is 14.4 Å². The number of imide groups is 1. The number of hydrogen-bond acceptors (Lipinski definition) is 7. The third-order valence-electron chi connectivity index (χ3n) is 6.50. The Morgan fingerprint density at radius 1 is 0.932 bits per heavy atom. The monoisotopic (exact) mass is 670 g/mol. The first-order valence-electron chi connectivity index (χ1n) is 13.2. The van der Waals surface area contributed by atoms with Gasteiger partial charge in [0.15, 0.2) is 0 Å². The van der Waals surface area contributed by atoms with Crippen LogP contribution in [0.4, 0.5) is 17.1 Å². The van der Waals surface area contributed by atoms with E-state index in [1.54, 1.807) is 72.8 Å². The Morgan fingerprint density at radius 2 is 1.64 bits per heavy atom. The minimum absolute atomic E-state index is 0.0227. The number of carbonyl (C=O) groups excluding carboxylic acids is 4. The van der Waals surface area contributed by atoms with Gasteiger partial charge in [-0.25, -0.2) is 4.90 Å². The van der Waals surface area contributed by atoms with Crippen molar-refractivity contribution in [3.8, 4) is 0 Å². The van der Waals surface area contributed by atoms with Crippen LogP contribution in [0.25, 0.3) is 6.08 Å². The Balaban J connectivity index is 1.31. The second-order valence-corrected chi connectivity index (χ2v) is 11.8. The van der Waals surface area contributed by atoms with E-state index in [0.717, 1.165) is 9.37 Å². The Kier molecular flexibility index (Phi) is 9.32. The minimum Gasteiger partial charge on any atom is -0.321 e. The largest absolute Gasteiger partial charge is 0.321 e. The first-order chi connectivity index (χ1) is 21.2. The summed E-state index contributed by atoms with van der Waals surface area (Å²) in [6.45, 7) is 0. The number of benzene rings is 4. The SMILES string of the molecule is O=C(Nc1cccc(S[C@H]2CC(=O)N(c3ccc([N+](=O)[O-])cc3)C2=O)c1)/C(=C/c1ccc(Br)cc1)NC(=O)c1ccccc1. The van der Waals surface area contributed by atoms with Crippen molar-refractivity contribution in [2.75, 3.05) is 10.2 Å². The van der Waals surface area contributed by atoms with Gasteiger partial charge in [-0.15, -0.1) is 11.8 Å². The van der Waals surface area contributed by atoms with Crippen LogP contribution in [0.2, 0.25) is 0 Å². The van der Waals surface area contributed by atoms with E-state index in [1.807, 2.05) is 12.1 Å². The Morgan fingerprint density at radius 3 is 2.32 bits per heavy atom. The number of nitro benzene ring substituents is 1. The Bertz CT molecular complexity index is 1780. The summed E-state index contributed by atoms with van der Waals surface area (Å²) in [5.74, 6) is -1.86. The van der Waals surface area contributed by atoms with Crippen LogP contribution in [-0.4, -0.2) is 33.8 Å². The molecule has 44 heavy (non-hydrogen) atoms. The van der Waals surface area contributed by atoms with Crippen LogP contribution >= 0.6 is 27.7 Å². The second-order valence-electron chi connectivity index (χ2n) is 9.56. The highest BCUT2D eigenvalue weighted by atomic mass is 79.9. The number of non-ortho nitro benzene ring substituents is 1. The zero-order valence-electron chi connectivity index (χ0n) is 22.8. The molecule has 0 radical (unpaired) electrons. The van der Waals surface area contributed by atoms with Crippen molar-refractivity contribution in [1.29, 1.82) is 0 Å². The summed E-state index contributed by atoms with van der Waals surface area (Å²) in [6.07, 6.45) is 1.51. The lowest BCUT2D eigenvalue weighted by molar-refractivity contribution is -0.384. The minimum atomic E-state index is -0.721. The summed E-state index contributed by atoms with van der Waals surface area (Å²) >= 11 is 4.56. The molecule has 1 atom stereocenters. The standard InChI is InChI=1S/C32H23BrN4O6S/c33-22-11-9-20(10-12-22)17-27(35-30(39)21-5-2-1-3-6-21)31(40)34-23-7-4-8-26(18-23)44-28-19-29(38)36(32(28)41)24-13-15-25(16-14-24)37(42)43/h1-18,28H,19H2,(H,34,40)(H,35,39)/b27-17-/t28-/m0/s1. The van der Waals surface area contributed by atoms with Crippen molar-refractivity contribution in [3.63, 3.8) is 0 Å². The van der Waals surface area contributed by atoms with Gasteiger partial charge in [-0.2, -0.15) is 0 Å². The van der Waals surface area contributed by atoms with Gasteiger partial charge in [0.25, 0.3) is 17.5 Å². The smallest absolute Gasteiger partial charge is 0.272 e.